The van der Waals surface area contributed by atoms with Crippen molar-refractivity contribution in [2.24, 2.45) is 9.98 Å². The Labute approximate surface area is 270 Å². The van der Waals surface area contributed by atoms with Gasteiger partial charge in [0.05, 0.1) is 6.04 Å². The Kier molecular flexibility index (Phi) is 6.01. The van der Waals surface area contributed by atoms with E-state index >= 15 is 0 Å². The molecule has 9 rings (SSSR count). The first-order valence-corrected chi connectivity index (χ1v) is 16.1. The van der Waals surface area contributed by atoms with Gasteiger partial charge in [0.25, 0.3) is 0 Å². The summed E-state index contributed by atoms with van der Waals surface area (Å²) in [5.74, 6) is 1.94. The summed E-state index contributed by atoms with van der Waals surface area (Å²) in [5, 5.41) is 3.55. The van der Waals surface area contributed by atoms with Crippen LogP contribution in [0.1, 0.15) is 59.3 Å². The van der Waals surface area contributed by atoms with Gasteiger partial charge in [-0.15, -0.1) is 0 Å². The quantitative estimate of drug-likeness (QED) is 0.225. The molecular formula is C42H34N4. The van der Waals surface area contributed by atoms with E-state index in [4.69, 9.17) is 9.98 Å². The van der Waals surface area contributed by atoms with E-state index in [1.165, 1.54) is 39.2 Å². The standard InChI is InChI=1S/C42H34N4/c1-42(2)35-19-11-9-17-31(35)33-25-34-32-18-10-12-20-37(32)46(38(34)26-36(33)42)30-23-21-29(22-24-30)41-44-39(27-13-5-3-6-14-27)43-40(45-41)28-15-7-4-8-16-28/h3-26,34,38-39H,1-2H3,(H,43,44,45). The van der Waals surface area contributed by atoms with E-state index in [0.717, 1.165) is 28.4 Å². The first-order chi connectivity index (χ1) is 22.6. The largest absolute Gasteiger partial charge is 0.333 e. The topological polar surface area (TPSA) is 40.0 Å². The summed E-state index contributed by atoms with van der Waals surface area (Å²) < 4.78 is 0. The van der Waals surface area contributed by atoms with E-state index < -0.39 is 0 Å². The molecule has 2 aliphatic heterocycles. The van der Waals surface area contributed by atoms with Crippen LogP contribution in [-0.2, 0) is 5.41 Å². The first kappa shape index (κ1) is 26.9. The van der Waals surface area contributed by atoms with Gasteiger partial charge >= 0.3 is 0 Å². The molecule has 3 unspecified atom stereocenters. The number of hydrogen-bond donors (Lipinski definition) is 1. The molecule has 0 radical (unpaired) electrons. The maximum Gasteiger partial charge on any atom is 0.169 e. The highest BCUT2D eigenvalue weighted by atomic mass is 15.2. The number of benzene rings is 5. The Bertz CT molecular complexity index is 2100. The predicted octanol–water partition coefficient (Wildman–Crippen LogP) is 9.10. The lowest BCUT2D eigenvalue weighted by Gasteiger charge is -2.33. The van der Waals surface area contributed by atoms with Gasteiger partial charge in [0, 0.05) is 33.8 Å². The Morgan fingerprint density at radius 2 is 1.26 bits per heavy atom. The van der Waals surface area contributed by atoms with Gasteiger partial charge in [-0.3, -0.25) is 0 Å². The van der Waals surface area contributed by atoms with Crippen LogP contribution in [0.15, 0.2) is 161 Å². The molecule has 46 heavy (non-hydrogen) atoms. The van der Waals surface area contributed by atoms with Crippen molar-refractivity contribution in [1.29, 1.82) is 0 Å². The Morgan fingerprint density at radius 3 is 2.02 bits per heavy atom. The van der Waals surface area contributed by atoms with Gasteiger partial charge in [-0.2, -0.15) is 0 Å². The van der Waals surface area contributed by atoms with Crippen LogP contribution in [0.25, 0.3) is 5.57 Å². The van der Waals surface area contributed by atoms with Gasteiger partial charge in [-0.1, -0.05) is 129 Å². The van der Waals surface area contributed by atoms with E-state index in [-0.39, 0.29) is 23.5 Å². The lowest BCUT2D eigenvalue weighted by Crippen LogP contribution is -2.36. The number of hydrogen-bond acceptors (Lipinski definition) is 4. The number of fused-ring (bicyclic) bond motifs is 6. The number of rotatable bonds is 4. The van der Waals surface area contributed by atoms with Crippen LogP contribution in [0.4, 0.5) is 11.4 Å². The summed E-state index contributed by atoms with van der Waals surface area (Å²) in [6.45, 7) is 4.74. The molecule has 222 valence electrons. The number of amidine groups is 2. The summed E-state index contributed by atoms with van der Waals surface area (Å²) in [7, 11) is 0. The third-order valence-electron chi connectivity index (χ3n) is 10.1. The average Bonchev–Trinajstić information content (AvgIpc) is 3.56. The molecule has 0 amide bonds. The molecule has 1 N–H and O–H groups in total. The van der Waals surface area contributed by atoms with E-state index in [9.17, 15) is 0 Å². The molecular weight excluding hydrogens is 560 g/mol. The Hall–Kier alpha value is -5.48. The van der Waals surface area contributed by atoms with Crippen molar-refractivity contribution >= 4 is 28.6 Å². The zero-order valence-electron chi connectivity index (χ0n) is 25.9. The monoisotopic (exact) mass is 594 g/mol. The van der Waals surface area contributed by atoms with E-state index in [1.807, 2.05) is 36.4 Å². The van der Waals surface area contributed by atoms with Crippen molar-refractivity contribution in [2.75, 3.05) is 4.90 Å². The fraction of sp³-hybridized carbons (Fsp3) is 0.143. The second-order valence-electron chi connectivity index (χ2n) is 13.1. The average molecular weight is 595 g/mol. The van der Waals surface area contributed by atoms with Crippen molar-refractivity contribution in [1.82, 2.24) is 5.32 Å². The van der Waals surface area contributed by atoms with Gasteiger partial charge < -0.3 is 10.2 Å². The zero-order valence-corrected chi connectivity index (χ0v) is 25.9. The van der Waals surface area contributed by atoms with Crippen LogP contribution in [0.2, 0.25) is 0 Å². The van der Waals surface area contributed by atoms with Crippen LogP contribution in [0, 0.1) is 0 Å². The summed E-state index contributed by atoms with van der Waals surface area (Å²) in [6.07, 6.45) is 4.77. The number of nitrogens with zero attached hydrogens (tertiary/aromatic N) is 3. The van der Waals surface area contributed by atoms with Crippen LogP contribution in [0.3, 0.4) is 0 Å². The van der Waals surface area contributed by atoms with E-state index in [0.29, 0.717) is 0 Å². The van der Waals surface area contributed by atoms with Crippen molar-refractivity contribution < 1.29 is 0 Å². The highest BCUT2D eigenvalue weighted by Gasteiger charge is 2.46. The second kappa shape index (κ2) is 10.3. The number of aliphatic imine (C=N–C) groups is 2. The molecule has 0 saturated carbocycles. The minimum absolute atomic E-state index is 0.0319. The minimum Gasteiger partial charge on any atom is -0.333 e. The van der Waals surface area contributed by atoms with Crippen LogP contribution < -0.4 is 10.2 Å². The van der Waals surface area contributed by atoms with Crippen LogP contribution >= 0.6 is 0 Å². The number of nitrogens with one attached hydrogen (secondary N) is 1. The van der Waals surface area contributed by atoms with Gasteiger partial charge in [-0.25, -0.2) is 9.98 Å². The minimum atomic E-state index is -0.313. The number of anilines is 2. The lowest BCUT2D eigenvalue weighted by molar-refractivity contribution is 0.639. The smallest absolute Gasteiger partial charge is 0.169 e. The lowest BCUT2D eigenvalue weighted by atomic mass is 9.77. The van der Waals surface area contributed by atoms with Gasteiger partial charge in [-0.05, 0) is 63.7 Å². The fourth-order valence-corrected chi connectivity index (χ4v) is 7.78. The SMILES string of the molecule is CC1(C)C2=CC3C(C=C2c2ccccc21)c1ccccc1N3c1ccc(C2=NC(c3ccccc3)N=C(c3ccccc3)N2)cc1. The highest BCUT2D eigenvalue weighted by molar-refractivity contribution is 6.16. The second-order valence-corrected chi connectivity index (χ2v) is 13.1. The summed E-state index contributed by atoms with van der Waals surface area (Å²) in [4.78, 5) is 12.6. The molecule has 0 aromatic heterocycles. The highest BCUT2D eigenvalue weighted by Crippen LogP contribution is 2.57. The Morgan fingerprint density at radius 1 is 0.630 bits per heavy atom. The van der Waals surface area contributed by atoms with E-state index in [1.54, 1.807) is 0 Å². The van der Waals surface area contributed by atoms with E-state index in [2.05, 4.69) is 133 Å². The fourth-order valence-electron chi connectivity index (χ4n) is 7.78. The third-order valence-corrected chi connectivity index (χ3v) is 10.1. The van der Waals surface area contributed by atoms with Crippen molar-refractivity contribution in [3.63, 3.8) is 0 Å². The molecule has 0 saturated heterocycles. The van der Waals surface area contributed by atoms with Gasteiger partial charge in [0.15, 0.2) is 6.17 Å². The molecule has 4 nitrogen and oxygen atoms in total. The molecule has 2 aliphatic carbocycles. The normalized spacial score (nSPS) is 21.9. The van der Waals surface area contributed by atoms with Crippen molar-refractivity contribution in [2.45, 2.75) is 37.4 Å². The summed E-state index contributed by atoms with van der Waals surface area (Å²) in [5.41, 5.74) is 12.6. The molecule has 4 heteroatoms. The third kappa shape index (κ3) is 4.13. The molecule has 5 aromatic carbocycles. The molecule has 2 heterocycles. The maximum atomic E-state index is 5.09. The number of para-hydroxylation sites is 1. The molecule has 4 aliphatic rings. The zero-order chi connectivity index (χ0) is 30.8. The summed E-state index contributed by atoms with van der Waals surface area (Å²) >= 11 is 0. The van der Waals surface area contributed by atoms with Crippen LogP contribution in [0.5, 0.6) is 0 Å². The predicted molar refractivity (Wildman–Crippen MR) is 189 cm³/mol. The Balaban J connectivity index is 1.09. The van der Waals surface area contributed by atoms with Crippen molar-refractivity contribution in [3.05, 3.63) is 185 Å². The molecule has 0 bridgehead atoms. The molecule has 3 atom stereocenters. The summed E-state index contributed by atoms with van der Waals surface area (Å²) in [6, 6.07) is 47.5. The van der Waals surface area contributed by atoms with Gasteiger partial charge in [0.1, 0.15) is 11.7 Å². The first-order valence-electron chi connectivity index (χ1n) is 16.1. The van der Waals surface area contributed by atoms with Crippen molar-refractivity contribution in [3.8, 4) is 0 Å². The number of allylic oxidation sites excluding steroid dienone is 2. The molecule has 0 spiro atoms. The van der Waals surface area contributed by atoms with Crippen LogP contribution in [-0.4, -0.2) is 17.7 Å². The molecule has 0 fully saturated rings. The van der Waals surface area contributed by atoms with Gasteiger partial charge in [0.2, 0.25) is 0 Å². The maximum absolute atomic E-state index is 5.09. The molecule has 5 aromatic rings.